The lowest BCUT2D eigenvalue weighted by molar-refractivity contribution is 0.0791. The predicted molar refractivity (Wildman–Crippen MR) is 144 cm³/mol. The summed E-state index contributed by atoms with van der Waals surface area (Å²) in [6, 6.07) is 10.1. The molecule has 0 bridgehead atoms. The number of nitrogens with two attached hydrogens (primary N) is 1. The van der Waals surface area contributed by atoms with Gasteiger partial charge in [-0.05, 0) is 67.6 Å². The molecule has 196 valence electrons. The van der Waals surface area contributed by atoms with Crippen molar-refractivity contribution in [1.29, 1.82) is 0 Å². The summed E-state index contributed by atoms with van der Waals surface area (Å²) in [7, 11) is 0. The van der Waals surface area contributed by atoms with Crippen LogP contribution in [0.2, 0.25) is 5.02 Å². The topological polar surface area (TPSA) is 133 Å². The van der Waals surface area contributed by atoms with Gasteiger partial charge in [0.2, 0.25) is 5.91 Å². The molecule has 1 aromatic heterocycles. The van der Waals surface area contributed by atoms with E-state index in [4.69, 9.17) is 33.9 Å². The molecular weight excluding hydrogens is 515 g/mol. The molecule has 0 aliphatic carbocycles. The van der Waals surface area contributed by atoms with E-state index >= 15 is 0 Å². The number of carbonyl (C=O) groups excluding carboxylic acids is 3. The molecule has 37 heavy (non-hydrogen) atoms. The molecule has 1 saturated heterocycles. The van der Waals surface area contributed by atoms with Crippen LogP contribution in [-0.4, -0.2) is 64.8 Å². The van der Waals surface area contributed by atoms with Gasteiger partial charge in [-0.1, -0.05) is 11.6 Å². The molecule has 9 nitrogen and oxygen atoms in total. The molecule has 11 heteroatoms. The SMILES string of the molecule is NC(=O)c1ccc(C(=O)N2CCCC2)c(C[C@@H](CCNC(=O)NCCCl)c2nc3cc(Cl)ccc3[nH]2)c1. The van der Waals surface area contributed by atoms with Crippen molar-refractivity contribution in [2.24, 2.45) is 5.73 Å². The summed E-state index contributed by atoms with van der Waals surface area (Å²) in [6.07, 6.45) is 2.89. The summed E-state index contributed by atoms with van der Waals surface area (Å²) in [6.45, 7) is 2.15. The molecule has 1 atom stereocenters. The van der Waals surface area contributed by atoms with E-state index in [1.165, 1.54) is 0 Å². The average Bonchev–Trinajstić information content (AvgIpc) is 3.56. The molecule has 2 aromatic carbocycles. The number of imidazole rings is 1. The van der Waals surface area contributed by atoms with Gasteiger partial charge in [0.1, 0.15) is 5.82 Å². The minimum absolute atomic E-state index is 0.0581. The summed E-state index contributed by atoms with van der Waals surface area (Å²) in [4.78, 5) is 47.3. The van der Waals surface area contributed by atoms with Crippen LogP contribution in [0.5, 0.6) is 0 Å². The molecule has 2 heterocycles. The lowest BCUT2D eigenvalue weighted by Crippen LogP contribution is -2.37. The number of benzene rings is 2. The Labute approximate surface area is 225 Å². The second-order valence-corrected chi connectivity index (χ2v) is 9.89. The van der Waals surface area contributed by atoms with Gasteiger partial charge >= 0.3 is 6.03 Å². The highest BCUT2D eigenvalue weighted by atomic mass is 35.5. The highest BCUT2D eigenvalue weighted by molar-refractivity contribution is 6.31. The Kier molecular flexibility index (Phi) is 8.89. The zero-order chi connectivity index (χ0) is 26.4. The molecule has 4 amide bonds. The number of hydrogen-bond acceptors (Lipinski definition) is 4. The highest BCUT2D eigenvalue weighted by Crippen LogP contribution is 2.28. The standard InChI is InChI=1S/C26H30Cl2N6O3/c27-8-10-31-26(37)30-9-7-17(24-32-21-6-4-19(28)15-22(21)33-24)14-18-13-16(23(29)35)3-5-20(18)25(36)34-11-1-2-12-34/h3-6,13,15,17H,1-2,7-12,14H2,(H2,29,35)(H,32,33)(H2,30,31,37)/t17-/m1/s1. The number of amides is 4. The Hall–Kier alpha value is -3.30. The Morgan fingerprint density at radius 2 is 1.84 bits per heavy atom. The van der Waals surface area contributed by atoms with Gasteiger partial charge in [-0.15, -0.1) is 11.6 Å². The monoisotopic (exact) mass is 544 g/mol. The maximum atomic E-state index is 13.3. The molecule has 4 rings (SSSR count). The van der Waals surface area contributed by atoms with Crippen LogP contribution in [0.1, 0.15) is 57.3 Å². The first kappa shape index (κ1) is 26.8. The van der Waals surface area contributed by atoms with Crippen molar-refractivity contribution in [2.45, 2.75) is 31.6 Å². The number of rotatable bonds is 10. The zero-order valence-corrected chi connectivity index (χ0v) is 21.9. The Bertz CT molecular complexity index is 1290. The zero-order valence-electron chi connectivity index (χ0n) is 20.4. The number of H-pyrrole nitrogens is 1. The van der Waals surface area contributed by atoms with Crippen molar-refractivity contribution < 1.29 is 14.4 Å². The van der Waals surface area contributed by atoms with Crippen LogP contribution in [0.25, 0.3) is 11.0 Å². The van der Waals surface area contributed by atoms with Crippen LogP contribution in [0.15, 0.2) is 36.4 Å². The molecule has 0 saturated carbocycles. The normalized spacial score (nSPS) is 14.1. The van der Waals surface area contributed by atoms with E-state index in [2.05, 4.69) is 15.6 Å². The van der Waals surface area contributed by atoms with Crippen molar-refractivity contribution in [3.63, 3.8) is 0 Å². The fraction of sp³-hybridized carbons (Fsp3) is 0.385. The molecule has 1 aliphatic heterocycles. The highest BCUT2D eigenvalue weighted by Gasteiger charge is 2.25. The molecule has 0 radical (unpaired) electrons. The number of hydrogen-bond donors (Lipinski definition) is 4. The number of urea groups is 1. The second kappa shape index (κ2) is 12.3. The number of aromatic amines is 1. The summed E-state index contributed by atoms with van der Waals surface area (Å²) in [5.74, 6) is 0.199. The van der Waals surface area contributed by atoms with E-state index in [9.17, 15) is 14.4 Å². The third-order valence-corrected chi connectivity index (χ3v) is 6.91. The average molecular weight is 545 g/mol. The third-order valence-electron chi connectivity index (χ3n) is 6.49. The van der Waals surface area contributed by atoms with Crippen LogP contribution in [0.4, 0.5) is 4.79 Å². The third kappa shape index (κ3) is 6.72. The Morgan fingerprint density at radius 1 is 1.08 bits per heavy atom. The molecule has 5 N–H and O–H groups in total. The van der Waals surface area contributed by atoms with Crippen molar-refractivity contribution in [3.05, 3.63) is 63.9 Å². The van der Waals surface area contributed by atoms with Gasteiger partial charge in [-0.25, -0.2) is 9.78 Å². The summed E-state index contributed by atoms with van der Waals surface area (Å²) < 4.78 is 0. The number of aromatic nitrogens is 2. The first-order chi connectivity index (χ1) is 17.9. The first-order valence-corrected chi connectivity index (χ1v) is 13.2. The maximum absolute atomic E-state index is 13.3. The Morgan fingerprint density at radius 3 is 2.57 bits per heavy atom. The molecule has 1 fully saturated rings. The minimum atomic E-state index is -0.561. The second-order valence-electron chi connectivity index (χ2n) is 9.08. The van der Waals surface area contributed by atoms with Crippen LogP contribution in [-0.2, 0) is 6.42 Å². The van der Waals surface area contributed by atoms with Gasteiger partial charge in [0, 0.05) is 54.1 Å². The minimum Gasteiger partial charge on any atom is -0.366 e. The molecule has 0 unspecified atom stereocenters. The number of nitrogens with zero attached hydrogens (tertiary/aromatic N) is 2. The number of halogens is 2. The van der Waals surface area contributed by atoms with Crippen molar-refractivity contribution >= 4 is 52.1 Å². The van der Waals surface area contributed by atoms with Crippen molar-refractivity contribution in [2.75, 3.05) is 32.1 Å². The largest absolute Gasteiger partial charge is 0.366 e. The van der Waals surface area contributed by atoms with E-state index in [0.29, 0.717) is 72.4 Å². The number of carbonyl (C=O) groups is 3. The lowest BCUT2D eigenvalue weighted by Gasteiger charge is -2.21. The van der Waals surface area contributed by atoms with Gasteiger partial charge in [-0.3, -0.25) is 9.59 Å². The number of alkyl halides is 1. The van der Waals surface area contributed by atoms with Crippen LogP contribution in [0.3, 0.4) is 0 Å². The van der Waals surface area contributed by atoms with E-state index in [1.54, 1.807) is 30.3 Å². The predicted octanol–water partition coefficient (Wildman–Crippen LogP) is 3.81. The van der Waals surface area contributed by atoms with E-state index in [1.807, 2.05) is 11.0 Å². The first-order valence-electron chi connectivity index (χ1n) is 12.3. The summed E-state index contributed by atoms with van der Waals surface area (Å²) in [5, 5.41) is 6.09. The fourth-order valence-corrected chi connectivity index (χ4v) is 4.85. The molecule has 1 aliphatic rings. The van der Waals surface area contributed by atoms with Crippen LogP contribution in [0, 0.1) is 0 Å². The lowest BCUT2D eigenvalue weighted by atomic mass is 9.90. The molecular formula is C26H30Cl2N6O3. The van der Waals surface area contributed by atoms with Crippen LogP contribution < -0.4 is 16.4 Å². The Balaban J connectivity index is 1.65. The number of likely N-dealkylation sites (tertiary alicyclic amines) is 1. The van der Waals surface area contributed by atoms with Gasteiger partial charge in [-0.2, -0.15) is 0 Å². The fourth-order valence-electron chi connectivity index (χ4n) is 4.59. The van der Waals surface area contributed by atoms with Crippen molar-refractivity contribution in [3.8, 4) is 0 Å². The van der Waals surface area contributed by atoms with Gasteiger partial charge in [0.15, 0.2) is 0 Å². The number of nitrogens with one attached hydrogen (secondary N) is 3. The summed E-state index contributed by atoms with van der Waals surface area (Å²) >= 11 is 11.8. The number of fused-ring (bicyclic) bond motifs is 1. The van der Waals surface area contributed by atoms with Crippen molar-refractivity contribution in [1.82, 2.24) is 25.5 Å². The van der Waals surface area contributed by atoms with E-state index in [-0.39, 0.29) is 17.9 Å². The summed E-state index contributed by atoms with van der Waals surface area (Å²) in [5.41, 5.74) is 8.71. The van der Waals surface area contributed by atoms with E-state index in [0.717, 1.165) is 23.9 Å². The van der Waals surface area contributed by atoms with E-state index < -0.39 is 5.91 Å². The van der Waals surface area contributed by atoms with Gasteiger partial charge in [0.05, 0.1) is 11.0 Å². The van der Waals surface area contributed by atoms with Gasteiger partial charge < -0.3 is 26.3 Å². The quantitative estimate of drug-likeness (QED) is 0.289. The van der Waals surface area contributed by atoms with Crippen LogP contribution >= 0.6 is 23.2 Å². The maximum Gasteiger partial charge on any atom is 0.314 e. The number of primary amides is 1. The molecule has 0 spiro atoms. The smallest absolute Gasteiger partial charge is 0.314 e. The molecule has 3 aromatic rings. The van der Waals surface area contributed by atoms with Gasteiger partial charge in [0.25, 0.3) is 5.91 Å².